The molecule has 2 rings (SSSR count). The van der Waals surface area contributed by atoms with Gasteiger partial charge in [-0.25, -0.2) is 0 Å². The molecule has 0 heterocycles. The molecular formula is C13H15NO3. The van der Waals surface area contributed by atoms with E-state index in [-0.39, 0.29) is 24.6 Å². The van der Waals surface area contributed by atoms with Gasteiger partial charge in [0.25, 0.3) is 0 Å². The van der Waals surface area contributed by atoms with Crippen molar-refractivity contribution in [2.75, 3.05) is 12.3 Å². The Labute approximate surface area is 99.8 Å². The minimum Gasteiger partial charge on any atom is -0.465 e. The van der Waals surface area contributed by atoms with E-state index < -0.39 is 5.41 Å². The second-order valence-corrected chi connectivity index (χ2v) is 4.32. The Hall–Kier alpha value is -1.84. The molecule has 1 aliphatic carbocycles. The van der Waals surface area contributed by atoms with E-state index in [0.717, 1.165) is 5.56 Å². The van der Waals surface area contributed by atoms with E-state index in [0.29, 0.717) is 12.3 Å². The summed E-state index contributed by atoms with van der Waals surface area (Å²) in [5, 5.41) is 0. The van der Waals surface area contributed by atoms with Gasteiger partial charge >= 0.3 is 5.97 Å². The second kappa shape index (κ2) is 4.20. The van der Waals surface area contributed by atoms with Crippen LogP contribution >= 0.6 is 0 Å². The van der Waals surface area contributed by atoms with E-state index in [9.17, 15) is 9.59 Å². The van der Waals surface area contributed by atoms with Gasteiger partial charge in [-0.15, -0.1) is 0 Å². The molecule has 0 spiro atoms. The Morgan fingerprint density at radius 3 is 2.41 bits per heavy atom. The lowest BCUT2D eigenvalue weighted by molar-refractivity contribution is -0.158. The summed E-state index contributed by atoms with van der Waals surface area (Å²) in [5.74, 6) is -0.223. The molecule has 17 heavy (non-hydrogen) atoms. The summed E-state index contributed by atoms with van der Waals surface area (Å²) in [6, 6.07) is 7.05. The number of nitrogens with two attached hydrogens (primary N) is 1. The zero-order valence-electron chi connectivity index (χ0n) is 9.73. The number of esters is 1. The average Bonchev–Trinajstić information content (AvgIpc) is 2.26. The number of hydrogen-bond acceptors (Lipinski definition) is 4. The maximum absolute atomic E-state index is 12.0. The van der Waals surface area contributed by atoms with Crippen LogP contribution in [0.5, 0.6) is 0 Å². The van der Waals surface area contributed by atoms with Gasteiger partial charge in [-0.3, -0.25) is 9.59 Å². The zero-order chi connectivity index (χ0) is 12.5. The van der Waals surface area contributed by atoms with Crippen molar-refractivity contribution in [1.82, 2.24) is 0 Å². The van der Waals surface area contributed by atoms with Crippen LogP contribution in [0, 0.1) is 0 Å². The Morgan fingerprint density at radius 1 is 1.35 bits per heavy atom. The Kier molecular flexibility index (Phi) is 2.88. The Bertz CT molecular complexity index is 442. The average molecular weight is 233 g/mol. The summed E-state index contributed by atoms with van der Waals surface area (Å²) in [5.41, 5.74) is 6.28. The summed E-state index contributed by atoms with van der Waals surface area (Å²) in [4.78, 5) is 23.2. The number of hydrogen-bond donors (Lipinski definition) is 1. The van der Waals surface area contributed by atoms with Crippen LogP contribution < -0.4 is 5.73 Å². The molecule has 0 unspecified atom stereocenters. The van der Waals surface area contributed by atoms with Crippen molar-refractivity contribution in [3.63, 3.8) is 0 Å². The third-order valence-electron chi connectivity index (χ3n) is 3.13. The number of Topliss-reactive ketones (excluding diaryl/α,β-unsaturated/α-hetero) is 1. The molecule has 0 aromatic heterocycles. The van der Waals surface area contributed by atoms with Gasteiger partial charge in [0, 0.05) is 18.5 Å². The number of anilines is 1. The fraction of sp³-hybridized carbons (Fsp3) is 0.385. The van der Waals surface area contributed by atoms with E-state index in [4.69, 9.17) is 10.5 Å². The van der Waals surface area contributed by atoms with E-state index in [1.54, 1.807) is 31.2 Å². The minimum absolute atomic E-state index is 0.0925. The maximum atomic E-state index is 12.0. The summed E-state index contributed by atoms with van der Waals surface area (Å²) in [6.45, 7) is 2.08. The quantitative estimate of drug-likeness (QED) is 0.633. The first-order valence-corrected chi connectivity index (χ1v) is 5.63. The molecule has 0 aliphatic heterocycles. The normalized spacial score (nSPS) is 17.4. The third-order valence-corrected chi connectivity index (χ3v) is 3.13. The largest absolute Gasteiger partial charge is 0.465 e. The smallest absolute Gasteiger partial charge is 0.317 e. The SMILES string of the molecule is CCOC(=O)C1(c2ccc(N)cc2)CC(=O)C1. The second-order valence-electron chi connectivity index (χ2n) is 4.32. The standard InChI is InChI=1S/C13H15NO3/c1-2-17-12(16)13(7-11(15)8-13)9-3-5-10(14)6-4-9/h3-6H,2,7-8,14H2,1H3. The van der Waals surface area contributed by atoms with Gasteiger partial charge in [0.15, 0.2) is 0 Å². The van der Waals surface area contributed by atoms with Crippen LogP contribution in [-0.2, 0) is 19.7 Å². The topological polar surface area (TPSA) is 69.4 Å². The summed E-state index contributed by atoms with van der Waals surface area (Å²) >= 11 is 0. The summed E-state index contributed by atoms with van der Waals surface area (Å²) in [6.07, 6.45) is 0.464. The lowest BCUT2D eigenvalue weighted by atomic mass is 9.63. The van der Waals surface area contributed by atoms with Crippen molar-refractivity contribution in [3.05, 3.63) is 29.8 Å². The highest BCUT2D eigenvalue weighted by molar-refractivity contribution is 6.02. The minimum atomic E-state index is -0.777. The van der Waals surface area contributed by atoms with E-state index in [1.165, 1.54) is 0 Å². The monoisotopic (exact) mass is 233 g/mol. The molecule has 0 saturated heterocycles. The van der Waals surface area contributed by atoms with Crippen molar-refractivity contribution in [3.8, 4) is 0 Å². The van der Waals surface area contributed by atoms with Gasteiger partial charge in [-0.05, 0) is 24.6 Å². The van der Waals surface area contributed by atoms with Crippen molar-refractivity contribution in [2.24, 2.45) is 0 Å². The molecule has 2 N–H and O–H groups in total. The summed E-state index contributed by atoms with van der Waals surface area (Å²) in [7, 11) is 0. The molecule has 0 radical (unpaired) electrons. The van der Waals surface area contributed by atoms with E-state index >= 15 is 0 Å². The van der Waals surface area contributed by atoms with E-state index in [1.807, 2.05) is 0 Å². The van der Waals surface area contributed by atoms with Gasteiger partial charge in [0.05, 0.1) is 6.61 Å². The van der Waals surface area contributed by atoms with Crippen LogP contribution in [0.1, 0.15) is 25.3 Å². The molecular weight excluding hydrogens is 218 g/mol. The Morgan fingerprint density at radius 2 is 1.94 bits per heavy atom. The van der Waals surface area contributed by atoms with Gasteiger partial charge in [0.1, 0.15) is 11.2 Å². The zero-order valence-corrected chi connectivity index (χ0v) is 9.73. The highest BCUT2D eigenvalue weighted by Gasteiger charge is 2.52. The molecule has 1 fully saturated rings. The fourth-order valence-electron chi connectivity index (χ4n) is 2.16. The molecule has 90 valence electrons. The highest BCUT2D eigenvalue weighted by atomic mass is 16.5. The van der Waals surface area contributed by atoms with Gasteiger partial charge in [-0.1, -0.05) is 12.1 Å². The molecule has 0 atom stereocenters. The van der Waals surface area contributed by atoms with Crippen LogP contribution in [0.4, 0.5) is 5.69 Å². The third kappa shape index (κ3) is 1.90. The van der Waals surface area contributed by atoms with Gasteiger partial charge in [0.2, 0.25) is 0 Å². The molecule has 4 heteroatoms. The first kappa shape index (κ1) is 11.6. The van der Waals surface area contributed by atoms with Crippen LogP contribution in [-0.4, -0.2) is 18.4 Å². The lowest BCUT2D eigenvalue weighted by Crippen LogP contribution is -2.49. The number of rotatable bonds is 3. The first-order valence-electron chi connectivity index (χ1n) is 5.63. The fourth-order valence-corrected chi connectivity index (χ4v) is 2.16. The van der Waals surface area contributed by atoms with Crippen molar-refractivity contribution < 1.29 is 14.3 Å². The highest BCUT2D eigenvalue weighted by Crippen LogP contribution is 2.42. The van der Waals surface area contributed by atoms with Crippen molar-refractivity contribution >= 4 is 17.4 Å². The maximum Gasteiger partial charge on any atom is 0.317 e. The number of benzene rings is 1. The number of carbonyl (C=O) groups excluding carboxylic acids is 2. The predicted molar refractivity (Wildman–Crippen MR) is 63.4 cm³/mol. The van der Waals surface area contributed by atoms with Gasteiger partial charge in [-0.2, -0.15) is 0 Å². The molecule has 1 aromatic rings. The van der Waals surface area contributed by atoms with E-state index in [2.05, 4.69) is 0 Å². The predicted octanol–water partition coefficient (Wildman–Crippen LogP) is 1.43. The Balaban J connectivity index is 2.32. The molecule has 1 aliphatic rings. The van der Waals surface area contributed by atoms with Crippen LogP contribution in [0.2, 0.25) is 0 Å². The molecule has 1 aromatic carbocycles. The number of nitrogen functional groups attached to an aromatic ring is 1. The van der Waals surface area contributed by atoms with Crippen molar-refractivity contribution in [1.29, 1.82) is 0 Å². The lowest BCUT2D eigenvalue weighted by Gasteiger charge is -2.38. The first-order chi connectivity index (χ1) is 8.08. The molecule has 0 bridgehead atoms. The number of ether oxygens (including phenoxy) is 1. The summed E-state index contributed by atoms with van der Waals surface area (Å²) < 4.78 is 5.06. The van der Waals surface area contributed by atoms with Gasteiger partial charge < -0.3 is 10.5 Å². The number of carbonyl (C=O) groups is 2. The molecule has 0 amide bonds. The van der Waals surface area contributed by atoms with Crippen LogP contribution in [0.25, 0.3) is 0 Å². The van der Waals surface area contributed by atoms with Crippen LogP contribution in [0.3, 0.4) is 0 Å². The van der Waals surface area contributed by atoms with Crippen LogP contribution in [0.15, 0.2) is 24.3 Å². The van der Waals surface area contributed by atoms with Crippen molar-refractivity contribution in [2.45, 2.75) is 25.2 Å². The number of ketones is 1. The molecule has 1 saturated carbocycles. The molecule has 4 nitrogen and oxygen atoms in total.